The third-order valence-electron chi connectivity index (χ3n) is 5.19. The molecule has 0 fully saturated rings. The average molecular weight is 555 g/mol. The van der Waals surface area contributed by atoms with Crippen LogP contribution >= 0.6 is 46.6 Å². The number of rotatable bonds is 9. The highest BCUT2D eigenvalue weighted by Crippen LogP contribution is 2.32. The van der Waals surface area contributed by atoms with Gasteiger partial charge in [0.2, 0.25) is 5.91 Å². The van der Waals surface area contributed by atoms with E-state index in [1.54, 1.807) is 6.07 Å². The number of amides is 2. The second-order valence-electron chi connectivity index (χ2n) is 8.23. The second kappa shape index (κ2) is 12.1. The fourth-order valence-electron chi connectivity index (χ4n) is 3.41. The maximum absolute atomic E-state index is 12.9. The van der Waals surface area contributed by atoms with E-state index in [4.69, 9.17) is 34.8 Å². The Bertz CT molecular complexity index is 1230. The third kappa shape index (κ3) is 6.91. The van der Waals surface area contributed by atoms with Gasteiger partial charge >= 0.3 is 0 Å². The maximum Gasteiger partial charge on any atom is 0.251 e. The van der Waals surface area contributed by atoms with Crippen molar-refractivity contribution >= 4 is 64.1 Å². The van der Waals surface area contributed by atoms with E-state index in [1.807, 2.05) is 50.5 Å². The van der Waals surface area contributed by atoms with Gasteiger partial charge in [0.15, 0.2) is 11.0 Å². The van der Waals surface area contributed by atoms with E-state index in [0.29, 0.717) is 43.8 Å². The van der Waals surface area contributed by atoms with Crippen LogP contribution in [-0.2, 0) is 11.3 Å². The molecular formula is C24H26Cl3N5O2S. The van der Waals surface area contributed by atoms with Crippen LogP contribution in [0.25, 0.3) is 0 Å². The Labute approximate surface area is 223 Å². The molecule has 0 aliphatic carbocycles. The highest BCUT2D eigenvalue weighted by molar-refractivity contribution is 7.99. The van der Waals surface area contributed by atoms with Crippen molar-refractivity contribution in [2.45, 2.75) is 45.4 Å². The van der Waals surface area contributed by atoms with Crippen molar-refractivity contribution in [3.8, 4) is 0 Å². The minimum atomic E-state index is -0.353. The summed E-state index contributed by atoms with van der Waals surface area (Å²) >= 11 is 19.4. The van der Waals surface area contributed by atoms with Crippen molar-refractivity contribution in [2.75, 3.05) is 11.1 Å². The number of thioether (sulfide) groups is 1. The van der Waals surface area contributed by atoms with E-state index < -0.39 is 0 Å². The molecule has 0 unspecified atom stereocenters. The number of nitrogens with zero attached hydrogens (tertiary/aromatic N) is 3. The smallest absolute Gasteiger partial charge is 0.251 e. The number of hydrogen-bond acceptors (Lipinski definition) is 5. The minimum Gasteiger partial charge on any atom is -0.342 e. The topological polar surface area (TPSA) is 88.9 Å². The van der Waals surface area contributed by atoms with E-state index in [2.05, 4.69) is 20.8 Å². The van der Waals surface area contributed by atoms with Gasteiger partial charge in [0.1, 0.15) is 0 Å². The van der Waals surface area contributed by atoms with Crippen molar-refractivity contribution in [1.29, 1.82) is 0 Å². The number of anilines is 1. The Morgan fingerprint density at radius 1 is 1.06 bits per heavy atom. The fourth-order valence-corrected chi connectivity index (χ4v) is 4.81. The van der Waals surface area contributed by atoms with Gasteiger partial charge in [-0.3, -0.25) is 9.59 Å². The number of aromatic nitrogens is 3. The number of carbonyl (C=O) groups is 2. The van der Waals surface area contributed by atoms with Gasteiger partial charge in [0.25, 0.3) is 5.91 Å². The predicted octanol–water partition coefficient (Wildman–Crippen LogP) is 6.42. The van der Waals surface area contributed by atoms with E-state index in [-0.39, 0.29) is 29.5 Å². The zero-order valence-corrected chi connectivity index (χ0v) is 22.8. The van der Waals surface area contributed by atoms with Crippen molar-refractivity contribution in [2.24, 2.45) is 5.92 Å². The van der Waals surface area contributed by atoms with Gasteiger partial charge < -0.3 is 15.2 Å². The van der Waals surface area contributed by atoms with Gasteiger partial charge in [-0.05, 0) is 44.0 Å². The predicted molar refractivity (Wildman–Crippen MR) is 143 cm³/mol. The number of nitrogens with one attached hydrogen (secondary N) is 2. The molecule has 35 heavy (non-hydrogen) atoms. The molecule has 1 atom stereocenters. The summed E-state index contributed by atoms with van der Waals surface area (Å²) in [6, 6.07) is 10.1. The van der Waals surface area contributed by atoms with Crippen LogP contribution in [0.1, 0.15) is 48.6 Å². The number of hydrogen-bond donors (Lipinski definition) is 2. The van der Waals surface area contributed by atoms with E-state index >= 15 is 0 Å². The summed E-state index contributed by atoms with van der Waals surface area (Å²) in [5, 5.41) is 15.9. The molecule has 11 heteroatoms. The first-order chi connectivity index (χ1) is 16.6. The first-order valence-corrected chi connectivity index (χ1v) is 13.1. The summed E-state index contributed by atoms with van der Waals surface area (Å²) in [6.07, 6.45) is 0. The molecule has 2 aromatic carbocycles. The average Bonchev–Trinajstić information content (AvgIpc) is 3.21. The molecule has 3 rings (SSSR count). The van der Waals surface area contributed by atoms with Gasteiger partial charge in [-0.1, -0.05) is 78.1 Å². The Morgan fingerprint density at radius 2 is 1.77 bits per heavy atom. The minimum absolute atomic E-state index is 0.0659. The molecule has 2 N–H and O–H groups in total. The van der Waals surface area contributed by atoms with E-state index in [9.17, 15) is 9.59 Å². The lowest BCUT2D eigenvalue weighted by Crippen LogP contribution is -2.33. The first-order valence-electron chi connectivity index (χ1n) is 11.0. The van der Waals surface area contributed by atoms with Crippen LogP contribution in [0.3, 0.4) is 0 Å². The monoisotopic (exact) mass is 553 g/mol. The van der Waals surface area contributed by atoms with Crippen LogP contribution in [0, 0.1) is 12.8 Å². The third-order valence-corrected chi connectivity index (χ3v) is 7.19. The van der Waals surface area contributed by atoms with Crippen LogP contribution in [0.15, 0.2) is 41.6 Å². The van der Waals surface area contributed by atoms with Gasteiger partial charge in [-0.15, -0.1) is 10.2 Å². The summed E-state index contributed by atoms with van der Waals surface area (Å²) in [5.41, 5.74) is 1.98. The molecule has 0 aliphatic heterocycles. The van der Waals surface area contributed by atoms with Crippen molar-refractivity contribution < 1.29 is 9.59 Å². The van der Waals surface area contributed by atoms with Crippen molar-refractivity contribution in [3.05, 3.63) is 68.4 Å². The first kappa shape index (κ1) is 27.3. The Morgan fingerprint density at radius 3 is 2.43 bits per heavy atom. The molecule has 2 amide bonds. The lowest BCUT2D eigenvalue weighted by atomic mass is 10.0. The fraction of sp³-hybridized carbons (Fsp3) is 0.333. The van der Waals surface area contributed by atoms with E-state index in [0.717, 1.165) is 5.56 Å². The molecule has 1 aromatic heterocycles. The Balaban J connectivity index is 1.72. The van der Waals surface area contributed by atoms with Crippen LogP contribution in [0.4, 0.5) is 5.69 Å². The SMILES string of the molecule is CCn1c(SCC(=O)Nc2cc(Cl)c(Cl)cc2Cl)nnc1[C@@H](NC(=O)c1cccc(C)c1)C(C)C. The van der Waals surface area contributed by atoms with Gasteiger partial charge in [-0.25, -0.2) is 0 Å². The Hall–Kier alpha value is -2.26. The molecule has 186 valence electrons. The van der Waals surface area contributed by atoms with Crippen LogP contribution < -0.4 is 10.6 Å². The molecule has 0 spiro atoms. The number of aryl methyl sites for hydroxylation is 1. The molecular weight excluding hydrogens is 529 g/mol. The molecule has 0 radical (unpaired) electrons. The van der Waals surface area contributed by atoms with E-state index in [1.165, 1.54) is 23.9 Å². The van der Waals surface area contributed by atoms with Crippen LogP contribution in [0.2, 0.25) is 15.1 Å². The summed E-state index contributed by atoms with van der Waals surface area (Å²) in [5.74, 6) is 0.326. The molecule has 7 nitrogen and oxygen atoms in total. The summed E-state index contributed by atoms with van der Waals surface area (Å²) < 4.78 is 1.91. The summed E-state index contributed by atoms with van der Waals surface area (Å²) in [6.45, 7) is 8.51. The molecule has 3 aromatic rings. The Kier molecular flexibility index (Phi) is 9.47. The van der Waals surface area contributed by atoms with Gasteiger partial charge in [-0.2, -0.15) is 0 Å². The quantitative estimate of drug-likeness (QED) is 0.235. The van der Waals surface area contributed by atoms with Crippen LogP contribution in [-0.4, -0.2) is 32.3 Å². The maximum atomic E-state index is 12.9. The molecule has 0 saturated heterocycles. The largest absolute Gasteiger partial charge is 0.342 e. The van der Waals surface area contributed by atoms with Gasteiger partial charge in [0, 0.05) is 12.1 Å². The van der Waals surface area contributed by atoms with Crippen LogP contribution in [0.5, 0.6) is 0 Å². The van der Waals surface area contributed by atoms with Crippen molar-refractivity contribution in [1.82, 2.24) is 20.1 Å². The second-order valence-corrected chi connectivity index (χ2v) is 10.4. The standard InChI is InChI=1S/C24H26Cl3N5O2S/c1-5-32-22(21(13(2)3)29-23(34)15-8-6-7-14(4)9-15)30-31-24(32)35-12-20(33)28-19-11-17(26)16(25)10-18(19)27/h6-11,13,21H,5,12H2,1-4H3,(H,28,33)(H,29,34)/t21-/m0/s1. The highest BCUT2D eigenvalue weighted by atomic mass is 35.5. The highest BCUT2D eigenvalue weighted by Gasteiger charge is 2.26. The zero-order chi connectivity index (χ0) is 25.7. The number of benzene rings is 2. The zero-order valence-electron chi connectivity index (χ0n) is 19.7. The molecule has 0 aliphatic rings. The summed E-state index contributed by atoms with van der Waals surface area (Å²) in [4.78, 5) is 25.4. The summed E-state index contributed by atoms with van der Waals surface area (Å²) in [7, 11) is 0. The molecule has 1 heterocycles. The normalized spacial score (nSPS) is 12.0. The lowest BCUT2D eigenvalue weighted by Gasteiger charge is -2.22. The molecule has 0 bridgehead atoms. The lowest BCUT2D eigenvalue weighted by molar-refractivity contribution is -0.113. The van der Waals surface area contributed by atoms with Crippen molar-refractivity contribution in [3.63, 3.8) is 0 Å². The molecule has 0 saturated carbocycles. The number of halogens is 3. The number of carbonyl (C=O) groups excluding carboxylic acids is 2. The van der Waals surface area contributed by atoms with Gasteiger partial charge in [0.05, 0.1) is 32.5 Å².